The lowest BCUT2D eigenvalue weighted by Gasteiger charge is -2.03. The number of Topliss-reactive ketones (excluding diaryl/α,β-unsaturated/α-hetero) is 1. The molecule has 0 spiro atoms. The Labute approximate surface area is 106 Å². The van der Waals surface area contributed by atoms with Gasteiger partial charge in [-0.25, -0.2) is 4.68 Å². The Morgan fingerprint density at radius 3 is 2.61 bits per heavy atom. The van der Waals surface area contributed by atoms with Gasteiger partial charge in [0.25, 0.3) is 0 Å². The third kappa shape index (κ3) is 1.94. The van der Waals surface area contributed by atoms with Crippen molar-refractivity contribution in [2.24, 2.45) is 7.05 Å². The van der Waals surface area contributed by atoms with Crippen LogP contribution in [-0.4, -0.2) is 30.6 Å². The first-order valence-corrected chi connectivity index (χ1v) is 6.06. The van der Waals surface area contributed by atoms with Gasteiger partial charge in [-0.05, 0) is 13.3 Å². The SMILES string of the molecule is CCC(=O)c1nnn(-c2cn(C)nc2C)c1CC. The van der Waals surface area contributed by atoms with Crippen LogP contribution in [0.15, 0.2) is 6.20 Å². The van der Waals surface area contributed by atoms with Gasteiger partial charge in [0.2, 0.25) is 0 Å². The number of aryl methyl sites for hydroxylation is 2. The van der Waals surface area contributed by atoms with Crippen LogP contribution >= 0.6 is 0 Å². The van der Waals surface area contributed by atoms with Gasteiger partial charge in [0, 0.05) is 13.5 Å². The van der Waals surface area contributed by atoms with Crippen molar-refractivity contribution in [3.63, 3.8) is 0 Å². The van der Waals surface area contributed by atoms with E-state index in [4.69, 9.17) is 0 Å². The number of aromatic nitrogens is 5. The van der Waals surface area contributed by atoms with Gasteiger partial charge in [-0.15, -0.1) is 5.10 Å². The molecule has 0 fully saturated rings. The van der Waals surface area contributed by atoms with Crippen LogP contribution in [-0.2, 0) is 13.5 Å². The number of hydrogen-bond acceptors (Lipinski definition) is 4. The highest BCUT2D eigenvalue weighted by Gasteiger charge is 2.19. The highest BCUT2D eigenvalue weighted by atomic mass is 16.1. The lowest BCUT2D eigenvalue weighted by atomic mass is 10.1. The molecule has 0 saturated carbocycles. The summed E-state index contributed by atoms with van der Waals surface area (Å²) in [5.74, 6) is 0.0274. The number of carbonyl (C=O) groups excluding carboxylic acids is 1. The summed E-state index contributed by atoms with van der Waals surface area (Å²) in [6.45, 7) is 5.74. The van der Waals surface area contributed by atoms with Crippen molar-refractivity contribution in [3.05, 3.63) is 23.3 Å². The fourth-order valence-electron chi connectivity index (χ4n) is 1.99. The van der Waals surface area contributed by atoms with Gasteiger partial charge in [-0.2, -0.15) is 5.10 Å². The zero-order chi connectivity index (χ0) is 13.3. The topological polar surface area (TPSA) is 65.6 Å². The molecule has 2 aromatic rings. The minimum atomic E-state index is 0.0274. The van der Waals surface area contributed by atoms with Crippen LogP contribution in [0.1, 0.15) is 42.1 Å². The zero-order valence-corrected chi connectivity index (χ0v) is 11.1. The summed E-state index contributed by atoms with van der Waals surface area (Å²) in [7, 11) is 1.86. The molecule has 6 nitrogen and oxygen atoms in total. The molecule has 0 amide bonds. The highest BCUT2D eigenvalue weighted by molar-refractivity contribution is 5.95. The van der Waals surface area contributed by atoms with Crippen molar-refractivity contribution in [2.45, 2.75) is 33.6 Å². The molecule has 2 rings (SSSR count). The quantitative estimate of drug-likeness (QED) is 0.767. The molecule has 0 unspecified atom stereocenters. The molecular weight excluding hydrogens is 230 g/mol. The molecular formula is C12H17N5O. The molecule has 2 heterocycles. The van der Waals surface area contributed by atoms with E-state index in [2.05, 4.69) is 15.4 Å². The van der Waals surface area contributed by atoms with Crippen LogP contribution in [0.2, 0.25) is 0 Å². The molecule has 0 aliphatic rings. The maximum absolute atomic E-state index is 11.8. The van der Waals surface area contributed by atoms with Gasteiger partial charge >= 0.3 is 0 Å². The zero-order valence-electron chi connectivity index (χ0n) is 11.1. The minimum absolute atomic E-state index is 0.0274. The number of ketones is 1. The van der Waals surface area contributed by atoms with Crippen molar-refractivity contribution in [2.75, 3.05) is 0 Å². The Morgan fingerprint density at radius 1 is 1.39 bits per heavy atom. The van der Waals surface area contributed by atoms with Gasteiger partial charge in [-0.3, -0.25) is 9.48 Å². The number of carbonyl (C=O) groups is 1. The van der Waals surface area contributed by atoms with E-state index in [-0.39, 0.29) is 5.78 Å². The average Bonchev–Trinajstić information content (AvgIpc) is 2.90. The normalized spacial score (nSPS) is 10.9. The van der Waals surface area contributed by atoms with Crippen LogP contribution in [0.3, 0.4) is 0 Å². The van der Waals surface area contributed by atoms with Crippen molar-refractivity contribution in [1.29, 1.82) is 0 Å². The van der Waals surface area contributed by atoms with Gasteiger partial charge in [0.1, 0.15) is 5.69 Å². The van der Waals surface area contributed by atoms with E-state index in [1.54, 1.807) is 9.36 Å². The third-order valence-electron chi connectivity index (χ3n) is 2.90. The predicted molar refractivity (Wildman–Crippen MR) is 66.9 cm³/mol. The molecule has 0 atom stereocenters. The van der Waals surface area contributed by atoms with E-state index in [1.807, 2.05) is 34.0 Å². The molecule has 0 bridgehead atoms. The number of hydrogen-bond donors (Lipinski definition) is 0. The van der Waals surface area contributed by atoms with Gasteiger partial charge in [0.05, 0.1) is 17.6 Å². The molecule has 0 aromatic carbocycles. The summed E-state index contributed by atoms with van der Waals surface area (Å²) >= 11 is 0. The molecule has 0 aliphatic carbocycles. The van der Waals surface area contributed by atoms with Crippen LogP contribution < -0.4 is 0 Å². The van der Waals surface area contributed by atoms with E-state index in [0.717, 1.165) is 17.1 Å². The molecule has 18 heavy (non-hydrogen) atoms. The lowest BCUT2D eigenvalue weighted by Crippen LogP contribution is -2.06. The standard InChI is InChI=1S/C12H17N5O/c1-5-9-12(11(18)6-2)13-15-17(9)10-7-16(4)14-8(10)3/h7H,5-6H2,1-4H3. The monoisotopic (exact) mass is 247 g/mol. The fourth-order valence-corrected chi connectivity index (χ4v) is 1.99. The van der Waals surface area contributed by atoms with E-state index < -0.39 is 0 Å². The van der Waals surface area contributed by atoms with E-state index in [1.165, 1.54) is 0 Å². The van der Waals surface area contributed by atoms with E-state index in [0.29, 0.717) is 18.5 Å². The first-order valence-electron chi connectivity index (χ1n) is 6.06. The summed E-state index contributed by atoms with van der Waals surface area (Å²) in [4.78, 5) is 11.8. The Morgan fingerprint density at radius 2 is 2.11 bits per heavy atom. The Hall–Kier alpha value is -1.98. The summed E-state index contributed by atoms with van der Waals surface area (Å²) in [5, 5.41) is 12.4. The first kappa shape index (κ1) is 12.5. The Kier molecular flexibility index (Phi) is 3.27. The van der Waals surface area contributed by atoms with Gasteiger partial charge < -0.3 is 0 Å². The summed E-state index contributed by atoms with van der Waals surface area (Å²) in [6.07, 6.45) is 3.03. The molecule has 0 N–H and O–H groups in total. The molecule has 96 valence electrons. The lowest BCUT2D eigenvalue weighted by molar-refractivity contribution is 0.0982. The second kappa shape index (κ2) is 4.72. The van der Waals surface area contributed by atoms with Crippen LogP contribution in [0.5, 0.6) is 0 Å². The average molecular weight is 247 g/mol. The fraction of sp³-hybridized carbons (Fsp3) is 0.500. The second-order valence-electron chi connectivity index (χ2n) is 4.20. The minimum Gasteiger partial charge on any atom is -0.292 e. The number of rotatable bonds is 4. The second-order valence-corrected chi connectivity index (χ2v) is 4.20. The van der Waals surface area contributed by atoms with Crippen LogP contribution in [0.4, 0.5) is 0 Å². The highest BCUT2D eigenvalue weighted by Crippen LogP contribution is 2.17. The van der Waals surface area contributed by atoms with Crippen molar-refractivity contribution in [1.82, 2.24) is 24.8 Å². The molecule has 0 saturated heterocycles. The Balaban J connectivity index is 2.55. The maximum atomic E-state index is 11.8. The van der Waals surface area contributed by atoms with Crippen molar-refractivity contribution >= 4 is 5.78 Å². The van der Waals surface area contributed by atoms with Crippen molar-refractivity contribution in [3.8, 4) is 5.69 Å². The Bertz CT molecular complexity index is 581. The third-order valence-corrected chi connectivity index (χ3v) is 2.90. The summed E-state index contributed by atoms with van der Waals surface area (Å²) in [5.41, 5.74) is 3.06. The van der Waals surface area contributed by atoms with Crippen molar-refractivity contribution < 1.29 is 4.79 Å². The number of nitrogens with zero attached hydrogens (tertiary/aromatic N) is 5. The van der Waals surface area contributed by atoms with Gasteiger partial charge in [-0.1, -0.05) is 19.1 Å². The molecule has 0 aliphatic heterocycles. The molecule has 2 aromatic heterocycles. The van der Waals surface area contributed by atoms with E-state index >= 15 is 0 Å². The van der Waals surface area contributed by atoms with E-state index in [9.17, 15) is 4.79 Å². The first-order chi connectivity index (χ1) is 8.58. The van der Waals surface area contributed by atoms with Gasteiger partial charge in [0.15, 0.2) is 11.5 Å². The summed E-state index contributed by atoms with van der Waals surface area (Å²) < 4.78 is 3.44. The molecule has 6 heteroatoms. The smallest absolute Gasteiger partial charge is 0.184 e. The predicted octanol–water partition coefficient (Wildman–Crippen LogP) is 1.46. The summed E-state index contributed by atoms with van der Waals surface area (Å²) in [6, 6.07) is 0. The van der Waals surface area contributed by atoms with Crippen LogP contribution in [0, 0.1) is 6.92 Å². The molecule has 0 radical (unpaired) electrons. The maximum Gasteiger partial charge on any atom is 0.184 e. The largest absolute Gasteiger partial charge is 0.292 e. The van der Waals surface area contributed by atoms with Crippen LogP contribution in [0.25, 0.3) is 5.69 Å².